The third-order valence-electron chi connectivity index (χ3n) is 5.89. The van der Waals surface area contributed by atoms with Crippen LogP contribution in [0.4, 0.5) is 5.69 Å². The van der Waals surface area contributed by atoms with Crippen molar-refractivity contribution in [2.75, 3.05) is 33.2 Å². The number of esters is 2. The Kier molecular flexibility index (Phi) is 7.30. The number of hydrogen-bond acceptors (Lipinski definition) is 9. The van der Waals surface area contributed by atoms with E-state index in [4.69, 9.17) is 14.2 Å². The quantitative estimate of drug-likeness (QED) is 0.363. The number of benzene rings is 2. The molecule has 10 heteroatoms. The lowest BCUT2D eigenvalue weighted by molar-refractivity contribution is -0.136. The highest BCUT2D eigenvalue weighted by atomic mass is 32.1. The van der Waals surface area contributed by atoms with Crippen molar-refractivity contribution in [1.29, 1.82) is 0 Å². The first kappa shape index (κ1) is 25.9. The molecule has 0 saturated carbocycles. The molecule has 0 saturated heterocycles. The smallest absolute Gasteiger partial charge is 0.338 e. The van der Waals surface area contributed by atoms with E-state index in [-0.39, 0.29) is 22.6 Å². The second kappa shape index (κ2) is 10.4. The molecule has 3 aromatic rings. The minimum Gasteiger partial charge on any atom is -0.493 e. The Labute approximate surface area is 217 Å². The minimum atomic E-state index is -0.817. The standard InChI is InChI=1S/C27H27N3O6S/c1-15-23(26(33)35-6)24(18-9-12-20(36-16(2)31)21(14-18)34-5)30-25(32)22(37-27(30)28-15)13-17-7-10-19(11-8-17)29(3)4/h7-14,24H,1-6H3. The van der Waals surface area contributed by atoms with Gasteiger partial charge in [-0.15, -0.1) is 0 Å². The number of methoxy groups -OCH3 is 2. The molecule has 1 unspecified atom stereocenters. The first-order valence-corrected chi connectivity index (χ1v) is 12.2. The van der Waals surface area contributed by atoms with Crippen LogP contribution in [-0.4, -0.2) is 44.8 Å². The van der Waals surface area contributed by atoms with Gasteiger partial charge >= 0.3 is 11.9 Å². The van der Waals surface area contributed by atoms with Crippen molar-refractivity contribution >= 4 is 35.0 Å². The maximum Gasteiger partial charge on any atom is 0.338 e. The van der Waals surface area contributed by atoms with Gasteiger partial charge in [-0.2, -0.15) is 0 Å². The van der Waals surface area contributed by atoms with Crippen molar-refractivity contribution in [3.8, 4) is 11.5 Å². The van der Waals surface area contributed by atoms with E-state index in [0.29, 0.717) is 20.6 Å². The monoisotopic (exact) mass is 521 g/mol. The van der Waals surface area contributed by atoms with Crippen molar-refractivity contribution in [2.24, 2.45) is 4.99 Å². The summed E-state index contributed by atoms with van der Waals surface area (Å²) < 4.78 is 17.7. The van der Waals surface area contributed by atoms with Crippen LogP contribution in [0.15, 0.2) is 63.5 Å². The van der Waals surface area contributed by atoms with Gasteiger partial charge in [0.05, 0.1) is 36.1 Å². The van der Waals surface area contributed by atoms with Crippen LogP contribution < -0.4 is 29.3 Å². The summed E-state index contributed by atoms with van der Waals surface area (Å²) >= 11 is 1.24. The molecule has 0 N–H and O–H groups in total. The average molecular weight is 522 g/mol. The molecule has 2 heterocycles. The number of rotatable bonds is 6. The molecule has 0 bridgehead atoms. The van der Waals surface area contributed by atoms with Crippen LogP contribution in [0.2, 0.25) is 0 Å². The van der Waals surface area contributed by atoms with Crippen LogP contribution in [0.1, 0.15) is 31.0 Å². The Bertz CT molecular complexity index is 1580. The zero-order valence-electron chi connectivity index (χ0n) is 21.4. The molecule has 2 aromatic carbocycles. The van der Waals surface area contributed by atoms with Crippen molar-refractivity contribution in [3.05, 3.63) is 84.5 Å². The number of allylic oxidation sites excluding steroid dienone is 1. The highest BCUT2D eigenvalue weighted by molar-refractivity contribution is 7.07. The van der Waals surface area contributed by atoms with Gasteiger partial charge in [0.15, 0.2) is 16.3 Å². The number of anilines is 1. The largest absolute Gasteiger partial charge is 0.493 e. The molecule has 1 aromatic heterocycles. The topological polar surface area (TPSA) is 99.4 Å². The lowest BCUT2D eigenvalue weighted by Gasteiger charge is -2.25. The van der Waals surface area contributed by atoms with Gasteiger partial charge in [-0.05, 0) is 48.4 Å². The summed E-state index contributed by atoms with van der Waals surface area (Å²) in [5, 5.41) is 0. The second-order valence-corrected chi connectivity index (χ2v) is 9.57. The fourth-order valence-electron chi connectivity index (χ4n) is 4.12. The van der Waals surface area contributed by atoms with Crippen LogP contribution in [0.5, 0.6) is 11.5 Å². The highest BCUT2D eigenvalue weighted by Gasteiger charge is 2.33. The maximum atomic E-state index is 13.7. The third-order valence-corrected chi connectivity index (χ3v) is 6.87. The van der Waals surface area contributed by atoms with E-state index < -0.39 is 18.0 Å². The van der Waals surface area contributed by atoms with Gasteiger partial charge in [-0.25, -0.2) is 9.79 Å². The molecule has 1 aliphatic heterocycles. The fourth-order valence-corrected chi connectivity index (χ4v) is 5.17. The Morgan fingerprint density at radius 1 is 1.08 bits per heavy atom. The molecule has 9 nitrogen and oxygen atoms in total. The van der Waals surface area contributed by atoms with Gasteiger partial charge in [0.1, 0.15) is 0 Å². The summed E-state index contributed by atoms with van der Waals surface area (Å²) in [6.45, 7) is 3.00. The Morgan fingerprint density at radius 2 is 1.78 bits per heavy atom. The van der Waals surface area contributed by atoms with Gasteiger partial charge in [0, 0.05) is 26.7 Å². The molecule has 192 valence electrons. The van der Waals surface area contributed by atoms with Crippen molar-refractivity contribution < 1.29 is 23.8 Å². The van der Waals surface area contributed by atoms with Crippen molar-refractivity contribution in [2.45, 2.75) is 19.9 Å². The van der Waals surface area contributed by atoms with Crippen LogP contribution in [0.3, 0.4) is 0 Å². The van der Waals surface area contributed by atoms with E-state index in [1.807, 2.05) is 49.3 Å². The number of ether oxygens (including phenoxy) is 3. The first-order chi connectivity index (χ1) is 17.6. The lowest BCUT2D eigenvalue weighted by Crippen LogP contribution is -2.39. The van der Waals surface area contributed by atoms with E-state index >= 15 is 0 Å². The van der Waals surface area contributed by atoms with Crippen molar-refractivity contribution in [3.63, 3.8) is 0 Å². The molecule has 0 spiro atoms. The molecular weight excluding hydrogens is 494 g/mol. The van der Waals surface area contributed by atoms with Gasteiger partial charge in [-0.3, -0.25) is 14.2 Å². The summed E-state index contributed by atoms with van der Waals surface area (Å²) in [5.74, 6) is -0.575. The molecule has 1 aliphatic rings. The summed E-state index contributed by atoms with van der Waals surface area (Å²) in [6, 6.07) is 11.9. The number of carbonyl (C=O) groups excluding carboxylic acids is 2. The number of nitrogens with zero attached hydrogens (tertiary/aromatic N) is 3. The Balaban J connectivity index is 1.91. The third kappa shape index (κ3) is 5.05. The zero-order valence-corrected chi connectivity index (χ0v) is 22.2. The molecule has 4 rings (SSSR count). The summed E-state index contributed by atoms with van der Waals surface area (Å²) in [6.07, 6.45) is 1.81. The predicted molar refractivity (Wildman–Crippen MR) is 141 cm³/mol. The maximum absolute atomic E-state index is 13.7. The van der Waals surface area contributed by atoms with Crippen molar-refractivity contribution in [1.82, 2.24) is 4.57 Å². The van der Waals surface area contributed by atoms with Gasteiger partial charge in [-0.1, -0.05) is 29.5 Å². The SMILES string of the molecule is COC(=O)C1=C(C)N=c2sc(=Cc3ccc(N(C)C)cc3)c(=O)n2C1c1ccc(OC(C)=O)c(OC)c1. The summed E-state index contributed by atoms with van der Waals surface area (Å²) in [5.41, 5.74) is 2.88. The number of thiazole rings is 1. The predicted octanol–water partition coefficient (Wildman–Crippen LogP) is 2.41. The molecule has 1 atom stereocenters. The lowest BCUT2D eigenvalue weighted by atomic mass is 9.95. The zero-order chi connectivity index (χ0) is 26.9. The number of carbonyl (C=O) groups is 2. The minimum absolute atomic E-state index is 0.229. The van der Waals surface area contributed by atoms with Gasteiger partial charge in [0.2, 0.25) is 0 Å². The summed E-state index contributed by atoms with van der Waals surface area (Å²) in [4.78, 5) is 45.1. The highest BCUT2D eigenvalue weighted by Crippen LogP contribution is 2.36. The molecule has 0 fully saturated rings. The molecule has 37 heavy (non-hydrogen) atoms. The Hall–Kier alpha value is -4.18. The van der Waals surface area contributed by atoms with Crippen LogP contribution in [-0.2, 0) is 14.3 Å². The molecule has 0 aliphatic carbocycles. The summed E-state index contributed by atoms with van der Waals surface area (Å²) in [7, 11) is 6.65. The van der Waals surface area contributed by atoms with E-state index in [2.05, 4.69) is 4.99 Å². The van der Waals surface area contributed by atoms with Crippen LogP contribution in [0, 0.1) is 0 Å². The van der Waals surface area contributed by atoms with E-state index in [9.17, 15) is 14.4 Å². The second-order valence-electron chi connectivity index (χ2n) is 8.56. The van der Waals surface area contributed by atoms with E-state index in [1.54, 1.807) is 25.1 Å². The number of hydrogen-bond donors (Lipinski definition) is 0. The molecule has 0 radical (unpaired) electrons. The Morgan fingerprint density at radius 3 is 2.38 bits per heavy atom. The van der Waals surface area contributed by atoms with Gasteiger partial charge < -0.3 is 19.1 Å². The van der Waals surface area contributed by atoms with Gasteiger partial charge in [0.25, 0.3) is 5.56 Å². The average Bonchev–Trinajstić information content (AvgIpc) is 3.17. The number of aromatic nitrogens is 1. The van der Waals surface area contributed by atoms with E-state index in [1.165, 1.54) is 37.0 Å². The molecular formula is C27H27N3O6S. The van der Waals surface area contributed by atoms with Crippen LogP contribution in [0.25, 0.3) is 6.08 Å². The normalized spacial score (nSPS) is 15.1. The molecule has 0 amide bonds. The van der Waals surface area contributed by atoms with Crippen LogP contribution >= 0.6 is 11.3 Å². The van der Waals surface area contributed by atoms with E-state index in [0.717, 1.165) is 11.3 Å². The fraction of sp³-hybridized carbons (Fsp3) is 0.259. The first-order valence-electron chi connectivity index (χ1n) is 11.4. The number of fused-ring (bicyclic) bond motifs is 1.